The maximum Gasteiger partial charge on any atom is 0.142 e. The first kappa shape index (κ1) is 10.7. The minimum absolute atomic E-state index is 0.287. The van der Waals surface area contributed by atoms with Crippen molar-refractivity contribution in [3.63, 3.8) is 0 Å². The summed E-state index contributed by atoms with van der Waals surface area (Å²) in [4.78, 5) is 9.64. The van der Waals surface area contributed by atoms with Crippen molar-refractivity contribution >= 4 is 11.0 Å². The molecule has 90 valence electrons. The summed E-state index contributed by atoms with van der Waals surface area (Å²) in [7, 11) is 0. The van der Waals surface area contributed by atoms with Crippen LogP contribution in [0.4, 0.5) is 4.39 Å². The van der Waals surface area contributed by atoms with Gasteiger partial charge in [-0.15, -0.1) is 0 Å². The molecule has 0 amide bonds. The van der Waals surface area contributed by atoms with E-state index in [0.717, 1.165) is 49.5 Å². The van der Waals surface area contributed by atoms with Gasteiger partial charge >= 0.3 is 0 Å². The molecule has 1 aliphatic heterocycles. The Kier molecular flexibility index (Phi) is 2.78. The maximum atomic E-state index is 13.0. The van der Waals surface area contributed by atoms with Crippen molar-refractivity contribution in [3.8, 4) is 0 Å². The minimum Gasteiger partial charge on any atom is -0.342 e. The zero-order valence-corrected chi connectivity index (χ0v) is 9.54. The van der Waals surface area contributed by atoms with Crippen LogP contribution in [0.3, 0.4) is 0 Å². The molecule has 2 N–H and O–H groups in total. The van der Waals surface area contributed by atoms with Gasteiger partial charge in [0.15, 0.2) is 0 Å². The summed E-state index contributed by atoms with van der Waals surface area (Å²) in [5.41, 5.74) is 1.86. The highest BCUT2D eigenvalue weighted by molar-refractivity contribution is 5.76. The molecule has 2 aromatic heterocycles. The zero-order chi connectivity index (χ0) is 11.7. The molecule has 0 saturated carbocycles. The fraction of sp³-hybridized carbons (Fsp3) is 0.417. The number of pyridine rings is 1. The first-order valence-corrected chi connectivity index (χ1v) is 5.87. The lowest BCUT2D eigenvalue weighted by Crippen LogP contribution is -2.42. The predicted molar refractivity (Wildman–Crippen MR) is 64.2 cm³/mol. The highest BCUT2D eigenvalue weighted by atomic mass is 19.1. The van der Waals surface area contributed by atoms with Crippen molar-refractivity contribution in [1.82, 2.24) is 20.2 Å². The average Bonchev–Trinajstić information content (AvgIpc) is 2.71. The van der Waals surface area contributed by atoms with E-state index in [1.54, 1.807) is 0 Å². The summed E-state index contributed by atoms with van der Waals surface area (Å²) in [6.07, 6.45) is 1.24. The molecule has 0 atom stereocenters. The van der Waals surface area contributed by atoms with Crippen molar-refractivity contribution in [2.45, 2.75) is 6.54 Å². The van der Waals surface area contributed by atoms with Gasteiger partial charge in [0.05, 0.1) is 6.20 Å². The van der Waals surface area contributed by atoms with Crippen LogP contribution in [0.1, 0.15) is 5.69 Å². The lowest BCUT2D eigenvalue weighted by Gasteiger charge is -2.26. The van der Waals surface area contributed by atoms with Gasteiger partial charge in [0, 0.05) is 43.8 Å². The fourth-order valence-corrected chi connectivity index (χ4v) is 2.24. The van der Waals surface area contributed by atoms with Gasteiger partial charge in [-0.25, -0.2) is 9.37 Å². The second kappa shape index (κ2) is 4.43. The molecule has 1 saturated heterocycles. The Morgan fingerprint density at radius 2 is 2.12 bits per heavy atom. The van der Waals surface area contributed by atoms with E-state index >= 15 is 0 Å². The largest absolute Gasteiger partial charge is 0.342 e. The second-order valence-electron chi connectivity index (χ2n) is 4.41. The SMILES string of the molecule is Fc1cnc2[nH]c(CN3CCNCC3)cc2c1. The van der Waals surface area contributed by atoms with E-state index in [0.29, 0.717) is 0 Å². The third kappa shape index (κ3) is 2.30. The monoisotopic (exact) mass is 234 g/mol. The smallest absolute Gasteiger partial charge is 0.142 e. The topological polar surface area (TPSA) is 44.0 Å². The average molecular weight is 234 g/mol. The number of aromatic amines is 1. The van der Waals surface area contributed by atoms with Gasteiger partial charge in [0.1, 0.15) is 11.5 Å². The lowest BCUT2D eigenvalue weighted by atomic mass is 10.3. The van der Waals surface area contributed by atoms with Gasteiger partial charge in [-0.1, -0.05) is 0 Å². The molecular weight excluding hydrogens is 219 g/mol. The van der Waals surface area contributed by atoms with Crippen LogP contribution in [0.5, 0.6) is 0 Å². The number of aromatic nitrogens is 2. The van der Waals surface area contributed by atoms with E-state index < -0.39 is 0 Å². The van der Waals surface area contributed by atoms with Crippen LogP contribution >= 0.6 is 0 Å². The van der Waals surface area contributed by atoms with E-state index in [2.05, 4.69) is 20.2 Å². The van der Waals surface area contributed by atoms with Crippen molar-refractivity contribution < 1.29 is 4.39 Å². The van der Waals surface area contributed by atoms with Crippen molar-refractivity contribution in [2.75, 3.05) is 26.2 Å². The summed E-state index contributed by atoms with van der Waals surface area (Å²) in [5.74, 6) is -0.287. The molecule has 0 radical (unpaired) electrons. The second-order valence-corrected chi connectivity index (χ2v) is 4.41. The van der Waals surface area contributed by atoms with Crippen molar-refractivity contribution in [3.05, 3.63) is 29.8 Å². The maximum absolute atomic E-state index is 13.0. The van der Waals surface area contributed by atoms with E-state index in [4.69, 9.17) is 0 Å². The minimum atomic E-state index is -0.287. The Bertz CT molecular complexity index is 516. The molecule has 1 fully saturated rings. The molecule has 3 rings (SSSR count). The fourth-order valence-electron chi connectivity index (χ4n) is 2.24. The Balaban J connectivity index is 1.80. The molecule has 17 heavy (non-hydrogen) atoms. The number of nitrogens with one attached hydrogen (secondary N) is 2. The zero-order valence-electron chi connectivity index (χ0n) is 9.54. The van der Waals surface area contributed by atoms with Crippen LogP contribution < -0.4 is 5.32 Å². The molecular formula is C12H15FN4. The summed E-state index contributed by atoms with van der Waals surface area (Å²) >= 11 is 0. The van der Waals surface area contributed by atoms with Crippen molar-refractivity contribution in [1.29, 1.82) is 0 Å². The number of fused-ring (bicyclic) bond motifs is 1. The number of nitrogens with zero attached hydrogens (tertiary/aromatic N) is 2. The summed E-state index contributed by atoms with van der Waals surface area (Å²) < 4.78 is 13.0. The summed E-state index contributed by atoms with van der Waals surface area (Å²) in [5, 5.41) is 4.16. The van der Waals surface area contributed by atoms with Gasteiger partial charge < -0.3 is 10.3 Å². The molecule has 0 aliphatic carbocycles. The van der Waals surface area contributed by atoms with E-state index in [9.17, 15) is 4.39 Å². The van der Waals surface area contributed by atoms with Gasteiger partial charge in [0.25, 0.3) is 0 Å². The number of H-pyrrole nitrogens is 1. The van der Waals surface area contributed by atoms with Crippen LogP contribution in [-0.4, -0.2) is 41.0 Å². The van der Waals surface area contributed by atoms with E-state index in [-0.39, 0.29) is 5.82 Å². The molecule has 0 spiro atoms. The number of hydrogen-bond donors (Lipinski definition) is 2. The standard InChI is InChI=1S/C12H15FN4/c13-10-5-9-6-11(16-12(9)15-7-10)8-17-3-1-14-2-4-17/h5-7,14H,1-4,8H2,(H,15,16). The Hall–Kier alpha value is -1.46. The summed E-state index contributed by atoms with van der Waals surface area (Å²) in [6.45, 7) is 5.05. The molecule has 2 aromatic rings. The highest BCUT2D eigenvalue weighted by Gasteiger charge is 2.11. The molecule has 0 bridgehead atoms. The van der Waals surface area contributed by atoms with Gasteiger partial charge in [0.2, 0.25) is 0 Å². The third-order valence-electron chi connectivity index (χ3n) is 3.10. The van der Waals surface area contributed by atoms with Gasteiger partial charge in [-0.05, 0) is 12.1 Å². The first-order valence-electron chi connectivity index (χ1n) is 5.87. The normalized spacial score (nSPS) is 17.7. The molecule has 1 aliphatic rings. The molecule has 4 nitrogen and oxygen atoms in total. The first-order chi connectivity index (χ1) is 8.31. The molecule has 5 heteroatoms. The summed E-state index contributed by atoms with van der Waals surface area (Å²) in [6, 6.07) is 3.49. The van der Waals surface area contributed by atoms with Crippen LogP contribution in [0, 0.1) is 5.82 Å². The number of hydrogen-bond acceptors (Lipinski definition) is 3. The number of piperazine rings is 1. The van der Waals surface area contributed by atoms with Crippen LogP contribution in [-0.2, 0) is 6.54 Å². The van der Waals surface area contributed by atoms with Crippen LogP contribution in [0.2, 0.25) is 0 Å². The Morgan fingerprint density at radius 1 is 1.29 bits per heavy atom. The molecule has 0 aromatic carbocycles. The third-order valence-corrected chi connectivity index (χ3v) is 3.10. The van der Waals surface area contributed by atoms with Crippen LogP contribution in [0.15, 0.2) is 18.3 Å². The quantitative estimate of drug-likeness (QED) is 0.818. The van der Waals surface area contributed by atoms with Gasteiger partial charge in [-0.2, -0.15) is 0 Å². The van der Waals surface area contributed by atoms with Gasteiger partial charge in [-0.3, -0.25) is 4.90 Å². The molecule has 3 heterocycles. The number of halogens is 1. The molecule has 0 unspecified atom stereocenters. The van der Waals surface area contributed by atoms with Crippen LogP contribution in [0.25, 0.3) is 11.0 Å². The Morgan fingerprint density at radius 3 is 2.94 bits per heavy atom. The van der Waals surface area contributed by atoms with E-state index in [1.165, 1.54) is 12.3 Å². The van der Waals surface area contributed by atoms with Crippen molar-refractivity contribution in [2.24, 2.45) is 0 Å². The Labute approximate surface area is 98.8 Å². The van der Waals surface area contributed by atoms with E-state index in [1.807, 2.05) is 6.07 Å². The lowest BCUT2D eigenvalue weighted by molar-refractivity contribution is 0.231. The number of rotatable bonds is 2. The predicted octanol–water partition coefficient (Wildman–Crippen LogP) is 1.11. The highest BCUT2D eigenvalue weighted by Crippen LogP contribution is 2.15.